The molecule has 1 N–H and O–H groups in total. The summed E-state index contributed by atoms with van der Waals surface area (Å²) >= 11 is 0. The number of aryl methyl sites for hydroxylation is 3. The van der Waals surface area contributed by atoms with Gasteiger partial charge in [0, 0.05) is 35.8 Å². The fraction of sp³-hybridized carbons (Fsp3) is 0.300. The highest BCUT2D eigenvalue weighted by Crippen LogP contribution is 2.38. The van der Waals surface area contributed by atoms with Gasteiger partial charge in [-0.1, -0.05) is 0 Å². The molecule has 0 aliphatic carbocycles. The van der Waals surface area contributed by atoms with Gasteiger partial charge in [-0.05, 0) is 61.6 Å². The Kier molecular flexibility index (Phi) is 4.14. The third-order valence-corrected chi connectivity index (χ3v) is 5.19. The summed E-state index contributed by atoms with van der Waals surface area (Å²) in [6, 6.07) is 8.20. The maximum atomic E-state index is 12.6. The van der Waals surface area contributed by atoms with Crippen molar-refractivity contribution in [2.24, 2.45) is 0 Å². The first-order valence-corrected chi connectivity index (χ1v) is 8.96. The minimum atomic E-state index is -0.460. The number of carbonyl (C=O) groups excluding carboxylic acids is 2. The van der Waals surface area contributed by atoms with E-state index in [4.69, 9.17) is 0 Å². The van der Waals surface area contributed by atoms with Crippen molar-refractivity contribution in [3.05, 3.63) is 62.7 Å². The van der Waals surface area contributed by atoms with Gasteiger partial charge < -0.3 is 10.2 Å². The minimum absolute atomic E-state index is 0.00508. The van der Waals surface area contributed by atoms with Crippen molar-refractivity contribution in [2.45, 2.75) is 32.6 Å². The second kappa shape index (κ2) is 6.50. The van der Waals surface area contributed by atoms with Gasteiger partial charge in [-0.15, -0.1) is 0 Å². The Morgan fingerprint density at radius 3 is 2.59 bits per heavy atom. The molecule has 4 rings (SSSR count). The lowest BCUT2D eigenvalue weighted by Gasteiger charge is -2.35. The molecule has 138 valence electrons. The van der Waals surface area contributed by atoms with Crippen molar-refractivity contribution < 1.29 is 14.5 Å². The van der Waals surface area contributed by atoms with E-state index in [-0.39, 0.29) is 17.5 Å². The van der Waals surface area contributed by atoms with Crippen LogP contribution in [0.2, 0.25) is 0 Å². The molecule has 0 unspecified atom stereocenters. The predicted molar refractivity (Wildman–Crippen MR) is 101 cm³/mol. The number of carbonyl (C=O) groups is 2. The van der Waals surface area contributed by atoms with Gasteiger partial charge in [0.05, 0.1) is 10.6 Å². The largest absolute Gasteiger partial charge is 0.322 e. The first kappa shape index (κ1) is 17.2. The molecular formula is C20H19N3O4. The molecule has 0 saturated heterocycles. The highest BCUT2D eigenvalue weighted by atomic mass is 16.6. The van der Waals surface area contributed by atoms with Crippen LogP contribution < -0.4 is 10.2 Å². The number of rotatable bonds is 3. The molecule has 2 aliphatic rings. The first-order valence-electron chi connectivity index (χ1n) is 8.96. The van der Waals surface area contributed by atoms with Crippen LogP contribution in [-0.4, -0.2) is 23.3 Å². The number of nitro groups is 1. The SMILES string of the molecule is Cc1cc(C(=O)Nc2cc3c4c(c2)CCC(=O)N4CCC3)ccc1[N+](=O)[O-]. The first-order chi connectivity index (χ1) is 12.9. The van der Waals surface area contributed by atoms with E-state index >= 15 is 0 Å². The summed E-state index contributed by atoms with van der Waals surface area (Å²) in [5.74, 6) is -0.138. The number of nitrogens with one attached hydrogen (secondary N) is 1. The number of amides is 2. The summed E-state index contributed by atoms with van der Waals surface area (Å²) in [5, 5.41) is 13.8. The second-order valence-corrected chi connectivity index (χ2v) is 7.00. The van der Waals surface area contributed by atoms with Crippen LogP contribution in [0.25, 0.3) is 0 Å². The Balaban J connectivity index is 1.62. The third-order valence-electron chi connectivity index (χ3n) is 5.19. The number of benzene rings is 2. The van der Waals surface area contributed by atoms with E-state index < -0.39 is 4.92 Å². The average molecular weight is 365 g/mol. The molecule has 0 radical (unpaired) electrons. The van der Waals surface area contributed by atoms with Crippen LogP contribution in [0.3, 0.4) is 0 Å². The molecule has 0 spiro atoms. The van der Waals surface area contributed by atoms with Crippen LogP contribution in [0, 0.1) is 17.0 Å². The molecular weight excluding hydrogens is 346 g/mol. The minimum Gasteiger partial charge on any atom is -0.322 e. The Labute approximate surface area is 156 Å². The lowest BCUT2D eigenvalue weighted by molar-refractivity contribution is -0.385. The lowest BCUT2D eigenvalue weighted by Crippen LogP contribution is -2.39. The van der Waals surface area contributed by atoms with Gasteiger partial charge >= 0.3 is 0 Å². The van der Waals surface area contributed by atoms with Gasteiger partial charge in [0.2, 0.25) is 5.91 Å². The predicted octanol–water partition coefficient (Wildman–Crippen LogP) is 3.38. The van der Waals surface area contributed by atoms with Gasteiger partial charge in [-0.25, -0.2) is 0 Å². The molecule has 27 heavy (non-hydrogen) atoms. The van der Waals surface area contributed by atoms with E-state index in [1.165, 1.54) is 18.2 Å². The van der Waals surface area contributed by atoms with Crippen LogP contribution >= 0.6 is 0 Å². The summed E-state index contributed by atoms with van der Waals surface area (Å²) in [6.45, 7) is 2.37. The van der Waals surface area contributed by atoms with Crippen LogP contribution in [-0.2, 0) is 17.6 Å². The van der Waals surface area contributed by atoms with Crippen molar-refractivity contribution in [1.29, 1.82) is 0 Å². The Bertz CT molecular complexity index is 966. The molecule has 2 aliphatic heterocycles. The van der Waals surface area contributed by atoms with E-state index in [2.05, 4.69) is 5.32 Å². The normalized spacial score (nSPS) is 15.3. The average Bonchev–Trinajstić information content (AvgIpc) is 2.64. The number of hydrogen-bond donors (Lipinski definition) is 1. The van der Waals surface area contributed by atoms with Gasteiger partial charge in [-0.3, -0.25) is 19.7 Å². The Morgan fingerprint density at radius 1 is 1.15 bits per heavy atom. The zero-order chi connectivity index (χ0) is 19.1. The van der Waals surface area contributed by atoms with E-state index in [1.807, 2.05) is 17.0 Å². The van der Waals surface area contributed by atoms with E-state index in [1.54, 1.807) is 6.92 Å². The highest BCUT2D eigenvalue weighted by molar-refractivity contribution is 6.05. The maximum Gasteiger partial charge on any atom is 0.272 e. The van der Waals surface area contributed by atoms with Gasteiger partial charge in [-0.2, -0.15) is 0 Å². The van der Waals surface area contributed by atoms with Crippen LogP contribution in [0.4, 0.5) is 17.1 Å². The molecule has 2 amide bonds. The number of hydrogen-bond acceptors (Lipinski definition) is 4. The summed E-state index contributed by atoms with van der Waals surface area (Å²) < 4.78 is 0. The number of anilines is 2. The van der Waals surface area contributed by atoms with Crippen molar-refractivity contribution in [3.63, 3.8) is 0 Å². The van der Waals surface area contributed by atoms with Crippen molar-refractivity contribution in [2.75, 3.05) is 16.8 Å². The fourth-order valence-corrected chi connectivity index (χ4v) is 3.93. The standard InChI is InChI=1S/C20H19N3O4/c1-12-9-15(4-6-17(12)23(26)27)20(25)21-16-10-13-3-2-8-22-18(24)7-5-14(11-16)19(13)22/h4,6,9-11H,2-3,5,7-8H2,1H3,(H,21,25). The molecule has 7 heteroatoms. The summed E-state index contributed by atoms with van der Waals surface area (Å²) in [7, 11) is 0. The van der Waals surface area contributed by atoms with E-state index in [0.717, 1.165) is 36.2 Å². The van der Waals surface area contributed by atoms with Gasteiger partial charge in [0.25, 0.3) is 11.6 Å². The zero-order valence-corrected chi connectivity index (χ0v) is 14.9. The molecule has 2 aromatic rings. The van der Waals surface area contributed by atoms with Crippen molar-refractivity contribution in [3.8, 4) is 0 Å². The molecule has 7 nitrogen and oxygen atoms in total. The second-order valence-electron chi connectivity index (χ2n) is 7.00. The topological polar surface area (TPSA) is 92.6 Å². The Morgan fingerprint density at radius 2 is 1.89 bits per heavy atom. The van der Waals surface area contributed by atoms with E-state index in [9.17, 15) is 19.7 Å². The molecule has 2 heterocycles. The van der Waals surface area contributed by atoms with Crippen LogP contribution in [0.5, 0.6) is 0 Å². The third kappa shape index (κ3) is 3.05. The van der Waals surface area contributed by atoms with Gasteiger partial charge in [0.15, 0.2) is 0 Å². The monoisotopic (exact) mass is 365 g/mol. The fourth-order valence-electron chi connectivity index (χ4n) is 3.93. The lowest BCUT2D eigenvalue weighted by atomic mass is 9.91. The molecule has 2 aromatic carbocycles. The molecule has 0 fully saturated rings. The quantitative estimate of drug-likeness (QED) is 0.667. The van der Waals surface area contributed by atoms with E-state index in [0.29, 0.717) is 29.7 Å². The smallest absolute Gasteiger partial charge is 0.272 e. The molecule has 0 saturated carbocycles. The highest BCUT2D eigenvalue weighted by Gasteiger charge is 2.29. The number of nitrogens with zero attached hydrogens (tertiary/aromatic N) is 2. The molecule has 0 atom stereocenters. The summed E-state index contributed by atoms with van der Waals surface area (Å²) in [5.41, 5.74) is 4.70. The van der Waals surface area contributed by atoms with Crippen LogP contribution in [0.1, 0.15) is 39.9 Å². The summed E-state index contributed by atoms with van der Waals surface area (Å²) in [6.07, 6.45) is 2.97. The molecule has 0 bridgehead atoms. The maximum absolute atomic E-state index is 12.6. The Hall–Kier alpha value is -3.22. The van der Waals surface area contributed by atoms with Crippen molar-refractivity contribution in [1.82, 2.24) is 0 Å². The van der Waals surface area contributed by atoms with Crippen LogP contribution in [0.15, 0.2) is 30.3 Å². The number of nitro benzene ring substituents is 1. The van der Waals surface area contributed by atoms with Gasteiger partial charge in [0.1, 0.15) is 0 Å². The molecule has 0 aromatic heterocycles. The summed E-state index contributed by atoms with van der Waals surface area (Å²) in [4.78, 5) is 37.1. The zero-order valence-electron chi connectivity index (χ0n) is 14.9. The van der Waals surface area contributed by atoms with Crippen molar-refractivity contribution >= 4 is 28.9 Å².